The lowest BCUT2D eigenvalue weighted by atomic mass is 10.1. The highest BCUT2D eigenvalue weighted by atomic mass is 79.9. The van der Waals surface area contributed by atoms with E-state index in [1.54, 1.807) is 6.92 Å². The van der Waals surface area contributed by atoms with E-state index < -0.39 is 29.6 Å². The molecule has 0 spiro atoms. The number of hydrogen-bond acceptors (Lipinski definition) is 8. The molecule has 0 aliphatic heterocycles. The van der Waals surface area contributed by atoms with Crippen molar-refractivity contribution in [3.8, 4) is 5.75 Å². The number of aromatic nitrogens is 3. The van der Waals surface area contributed by atoms with Gasteiger partial charge in [-0.05, 0) is 47.5 Å². The molecule has 2 amide bonds. The summed E-state index contributed by atoms with van der Waals surface area (Å²) < 4.78 is 45.2. The van der Waals surface area contributed by atoms with E-state index in [-0.39, 0.29) is 38.9 Å². The Morgan fingerprint density at radius 3 is 2.66 bits per heavy atom. The number of carbonyl (C=O) groups excluding carboxylic acids is 2. The van der Waals surface area contributed by atoms with Crippen molar-refractivity contribution in [1.82, 2.24) is 20.3 Å². The van der Waals surface area contributed by atoms with Gasteiger partial charge in [0.05, 0.1) is 34.6 Å². The Labute approximate surface area is 210 Å². The highest BCUT2D eigenvalue weighted by Gasteiger charge is 2.31. The normalized spacial score (nSPS) is 12.2. The van der Waals surface area contributed by atoms with E-state index in [4.69, 9.17) is 10.5 Å². The predicted molar refractivity (Wildman–Crippen MR) is 127 cm³/mol. The van der Waals surface area contributed by atoms with Gasteiger partial charge in [0.2, 0.25) is 0 Å². The fourth-order valence-electron chi connectivity index (χ4n) is 2.79. The molecular weight excluding hydrogens is 553 g/mol. The fraction of sp³-hybridized carbons (Fsp3) is 0.286. The van der Waals surface area contributed by atoms with Crippen LogP contribution in [0.25, 0.3) is 0 Å². The lowest BCUT2D eigenvalue weighted by molar-refractivity contribution is -0.137. The van der Waals surface area contributed by atoms with Crippen LogP contribution in [0.1, 0.15) is 57.0 Å². The number of amides is 2. The van der Waals surface area contributed by atoms with Crippen LogP contribution >= 0.6 is 27.3 Å². The third-order valence-corrected chi connectivity index (χ3v) is 6.47. The van der Waals surface area contributed by atoms with Gasteiger partial charge in [-0.1, -0.05) is 6.92 Å². The number of hydrogen-bond donors (Lipinski definition) is 3. The number of carbonyl (C=O) groups is 2. The number of anilines is 2. The molecular formula is C21H20BrF3N6O3S. The molecule has 9 nitrogen and oxygen atoms in total. The summed E-state index contributed by atoms with van der Waals surface area (Å²) >= 11 is 4.14. The fourth-order valence-corrected chi connectivity index (χ4v) is 3.99. The zero-order valence-corrected chi connectivity index (χ0v) is 20.8. The molecule has 35 heavy (non-hydrogen) atoms. The molecule has 1 unspecified atom stereocenters. The number of nitrogen functional groups attached to an aromatic ring is 1. The third-order valence-electron chi connectivity index (χ3n) is 4.51. The Balaban J connectivity index is 1.75. The number of rotatable bonds is 8. The predicted octanol–water partition coefficient (Wildman–Crippen LogP) is 4.83. The van der Waals surface area contributed by atoms with Gasteiger partial charge in [0.1, 0.15) is 33.5 Å². The van der Waals surface area contributed by atoms with Gasteiger partial charge in [-0.15, -0.1) is 11.3 Å². The third kappa shape index (κ3) is 6.45. The maximum Gasteiger partial charge on any atom is 0.416 e. The van der Waals surface area contributed by atoms with E-state index in [1.165, 1.54) is 12.3 Å². The largest absolute Gasteiger partial charge is 0.491 e. The molecule has 14 heteroatoms. The zero-order chi connectivity index (χ0) is 25.8. The van der Waals surface area contributed by atoms with Gasteiger partial charge in [0.15, 0.2) is 0 Å². The van der Waals surface area contributed by atoms with E-state index in [1.807, 2.05) is 6.92 Å². The molecule has 0 saturated carbocycles. The van der Waals surface area contributed by atoms with Crippen LogP contribution in [0.3, 0.4) is 0 Å². The summed E-state index contributed by atoms with van der Waals surface area (Å²) in [5.74, 6) is -0.989. The summed E-state index contributed by atoms with van der Waals surface area (Å²) in [5.41, 5.74) is 4.67. The van der Waals surface area contributed by atoms with Crippen molar-refractivity contribution in [3.05, 3.63) is 56.3 Å². The Hall–Kier alpha value is -3.26. The summed E-state index contributed by atoms with van der Waals surface area (Å²) in [4.78, 5) is 37.2. The molecule has 3 aromatic rings. The standard InChI is InChI=1S/C21H20BrF3N6O3S/c1-3-6-34-13-5-4-11(21(23,24)25)7-12(13)31-18(32)14-8-27-20(35-14)10(2)30-19(33)16-15(22)17(26)29-9-28-16/h4-5,7-10H,3,6H2,1-2H3,(H,30,33)(H,31,32)(H2,26,28,29). The van der Waals surface area contributed by atoms with Crippen LogP contribution in [0.4, 0.5) is 24.7 Å². The second kappa shape index (κ2) is 11.0. The first-order valence-electron chi connectivity index (χ1n) is 10.2. The van der Waals surface area contributed by atoms with Crippen LogP contribution in [0, 0.1) is 0 Å². The van der Waals surface area contributed by atoms with Gasteiger partial charge in [0, 0.05) is 0 Å². The van der Waals surface area contributed by atoms with Crippen LogP contribution in [0.15, 0.2) is 35.2 Å². The number of nitrogens with one attached hydrogen (secondary N) is 2. The Kier molecular flexibility index (Phi) is 8.27. The first kappa shape index (κ1) is 26.3. The summed E-state index contributed by atoms with van der Waals surface area (Å²) in [6, 6.07) is 2.27. The maximum absolute atomic E-state index is 13.2. The molecule has 0 aliphatic rings. The lowest BCUT2D eigenvalue weighted by Crippen LogP contribution is -2.28. The van der Waals surface area contributed by atoms with Crippen molar-refractivity contribution in [3.63, 3.8) is 0 Å². The summed E-state index contributed by atoms with van der Waals surface area (Å²) in [6.07, 6.45) is -1.53. The molecule has 0 aliphatic carbocycles. The number of thiazole rings is 1. The van der Waals surface area contributed by atoms with Crippen molar-refractivity contribution >= 4 is 50.6 Å². The smallest absolute Gasteiger partial charge is 0.416 e. The number of nitrogens with zero attached hydrogens (tertiary/aromatic N) is 3. The molecule has 2 heterocycles. The SMILES string of the molecule is CCCOc1ccc(C(F)(F)F)cc1NC(=O)c1cnc(C(C)NC(=O)c2ncnc(N)c2Br)s1. The Morgan fingerprint density at radius 2 is 1.97 bits per heavy atom. The topological polar surface area (TPSA) is 132 Å². The van der Waals surface area contributed by atoms with Gasteiger partial charge >= 0.3 is 6.18 Å². The molecule has 1 atom stereocenters. The van der Waals surface area contributed by atoms with Crippen LogP contribution in [0.5, 0.6) is 5.75 Å². The van der Waals surface area contributed by atoms with Gasteiger partial charge in [0.25, 0.3) is 11.8 Å². The van der Waals surface area contributed by atoms with E-state index >= 15 is 0 Å². The second-order valence-corrected chi connectivity index (χ2v) is 9.05. The zero-order valence-electron chi connectivity index (χ0n) is 18.4. The Morgan fingerprint density at radius 1 is 1.23 bits per heavy atom. The second-order valence-electron chi connectivity index (χ2n) is 7.19. The van der Waals surface area contributed by atoms with Crippen molar-refractivity contribution in [2.75, 3.05) is 17.7 Å². The number of ether oxygens (including phenoxy) is 1. The van der Waals surface area contributed by atoms with Gasteiger partial charge in [-0.2, -0.15) is 13.2 Å². The molecule has 1 aromatic carbocycles. The lowest BCUT2D eigenvalue weighted by Gasteiger charge is -2.15. The van der Waals surface area contributed by atoms with E-state index in [0.29, 0.717) is 11.4 Å². The van der Waals surface area contributed by atoms with Gasteiger partial charge < -0.3 is 21.1 Å². The minimum Gasteiger partial charge on any atom is -0.491 e. The highest BCUT2D eigenvalue weighted by molar-refractivity contribution is 9.10. The van der Waals surface area contributed by atoms with E-state index in [2.05, 4.69) is 41.5 Å². The van der Waals surface area contributed by atoms with Crippen molar-refractivity contribution < 1.29 is 27.5 Å². The molecule has 186 valence electrons. The minimum atomic E-state index is -4.59. The monoisotopic (exact) mass is 572 g/mol. The first-order chi connectivity index (χ1) is 16.5. The van der Waals surface area contributed by atoms with Gasteiger partial charge in [-0.25, -0.2) is 15.0 Å². The molecule has 3 rings (SSSR count). The summed E-state index contributed by atoms with van der Waals surface area (Å²) in [6.45, 7) is 3.77. The molecule has 0 saturated heterocycles. The minimum absolute atomic E-state index is 0.0306. The number of benzene rings is 1. The average Bonchev–Trinajstić information content (AvgIpc) is 3.30. The van der Waals surface area contributed by atoms with Crippen molar-refractivity contribution in [1.29, 1.82) is 0 Å². The maximum atomic E-state index is 13.2. The van der Waals surface area contributed by atoms with Gasteiger partial charge in [-0.3, -0.25) is 9.59 Å². The van der Waals surface area contributed by atoms with Crippen molar-refractivity contribution in [2.24, 2.45) is 0 Å². The summed E-state index contributed by atoms with van der Waals surface area (Å²) in [5, 5.41) is 5.55. The van der Waals surface area contributed by atoms with E-state index in [0.717, 1.165) is 29.8 Å². The Bertz CT molecular complexity index is 1240. The molecule has 4 N–H and O–H groups in total. The van der Waals surface area contributed by atoms with Crippen LogP contribution in [-0.2, 0) is 6.18 Å². The molecule has 0 fully saturated rings. The quantitative estimate of drug-likeness (QED) is 0.352. The number of halogens is 4. The average molecular weight is 573 g/mol. The summed E-state index contributed by atoms with van der Waals surface area (Å²) in [7, 11) is 0. The molecule has 0 bridgehead atoms. The molecule has 2 aromatic heterocycles. The molecule has 0 radical (unpaired) electrons. The highest BCUT2D eigenvalue weighted by Crippen LogP contribution is 2.35. The van der Waals surface area contributed by atoms with Crippen molar-refractivity contribution in [2.45, 2.75) is 32.5 Å². The number of nitrogens with two attached hydrogens (primary N) is 1. The van der Waals surface area contributed by atoms with Crippen LogP contribution in [0.2, 0.25) is 0 Å². The number of alkyl halides is 3. The van der Waals surface area contributed by atoms with Crippen LogP contribution in [-0.4, -0.2) is 33.4 Å². The van der Waals surface area contributed by atoms with E-state index in [9.17, 15) is 22.8 Å². The van der Waals surface area contributed by atoms with Crippen LogP contribution < -0.4 is 21.1 Å². The first-order valence-corrected chi connectivity index (χ1v) is 11.8.